The lowest BCUT2D eigenvalue weighted by atomic mass is 10.2. The standard InChI is InChI=1S/C21H24N4O3/c26-20(15-28-16-7-2-1-3-8-16)22-14-18-21(23-13-17-9-6-12-27-17)25-11-5-4-10-19(25)24-18/h1-5,7-8,10-11,17,23H,6,9,12-15H2,(H,22,26). The van der Waals surface area contributed by atoms with E-state index in [4.69, 9.17) is 9.47 Å². The smallest absolute Gasteiger partial charge is 0.258 e. The Balaban J connectivity index is 1.39. The molecule has 1 aliphatic heterocycles. The first-order valence-electron chi connectivity index (χ1n) is 9.55. The Hall–Kier alpha value is -3.06. The lowest BCUT2D eigenvalue weighted by Crippen LogP contribution is -2.29. The lowest BCUT2D eigenvalue weighted by molar-refractivity contribution is -0.123. The van der Waals surface area contributed by atoms with Crippen molar-refractivity contribution in [2.45, 2.75) is 25.5 Å². The molecule has 7 heteroatoms. The van der Waals surface area contributed by atoms with Crippen LogP contribution in [0, 0.1) is 0 Å². The van der Waals surface area contributed by atoms with E-state index in [9.17, 15) is 4.79 Å². The molecule has 1 atom stereocenters. The van der Waals surface area contributed by atoms with Gasteiger partial charge in [-0.05, 0) is 37.1 Å². The van der Waals surface area contributed by atoms with Crippen LogP contribution in [0.25, 0.3) is 5.65 Å². The summed E-state index contributed by atoms with van der Waals surface area (Å²) >= 11 is 0. The molecule has 2 aromatic heterocycles. The van der Waals surface area contributed by atoms with Gasteiger partial charge in [0.25, 0.3) is 5.91 Å². The van der Waals surface area contributed by atoms with E-state index in [2.05, 4.69) is 15.6 Å². The van der Waals surface area contributed by atoms with Crippen LogP contribution in [-0.4, -0.2) is 41.2 Å². The number of nitrogens with zero attached hydrogens (tertiary/aromatic N) is 2. The number of imidazole rings is 1. The van der Waals surface area contributed by atoms with Crippen molar-refractivity contribution in [1.29, 1.82) is 0 Å². The minimum Gasteiger partial charge on any atom is -0.484 e. The lowest BCUT2D eigenvalue weighted by Gasteiger charge is -2.13. The summed E-state index contributed by atoms with van der Waals surface area (Å²) in [5.74, 6) is 1.37. The molecule has 146 valence electrons. The first kappa shape index (κ1) is 18.3. The Bertz CT molecular complexity index is 920. The van der Waals surface area contributed by atoms with Gasteiger partial charge in [-0.3, -0.25) is 9.20 Å². The largest absolute Gasteiger partial charge is 0.484 e. The molecule has 0 aliphatic carbocycles. The molecule has 3 aromatic rings. The number of benzene rings is 1. The number of rotatable bonds is 8. The van der Waals surface area contributed by atoms with Crippen LogP contribution in [0.3, 0.4) is 0 Å². The highest BCUT2D eigenvalue weighted by Crippen LogP contribution is 2.20. The van der Waals surface area contributed by atoms with Gasteiger partial charge in [-0.2, -0.15) is 0 Å². The summed E-state index contributed by atoms with van der Waals surface area (Å²) in [6, 6.07) is 15.1. The fourth-order valence-corrected chi connectivity index (χ4v) is 3.27. The Kier molecular flexibility index (Phi) is 5.72. The molecule has 1 unspecified atom stereocenters. The van der Waals surface area contributed by atoms with Crippen molar-refractivity contribution >= 4 is 17.4 Å². The van der Waals surface area contributed by atoms with Crippen molar-refractivity contribution < 1.29 is 14.3 Å². The number of para-hydroxylation sites is 1. The number of amides is 1. The summed E-state index contributed by atoms with van der Waals surface area (Å²) in [7, 11) is 0. The average molecular weight is 380 g/mol. The van der Waals surface area contributed by atoms with Gasteiger partial charge in [-0.1, -0.05) is 24.3 Å². The van der Waals surface area contributed by atoms with Crippen LogP contribution >= 0.6 is 0 Å². The second kappa shape index (κ2) is 8.75. The molecule has 0 bridgehead atoms. The zero-order chi connectivity index (χ0) is 19.2. The zero-order valence-electron chi connectivity index (χ0n) is 15.6. The van der Waals surface area contributed by atoms with Crippen LogP contribution in [0.4, 0.5) is 5.82 Å². The van der Waals surface area contributed by atoms with Crippen LogP contribution in [0.2, 0.25) is 0 Å². The second-order valence-electron chi connectivity index (χ2n) is 6.73. The highest BCUT2D eigenvalue weighted by atomic mass is 16.5. The molecule has 28 heavy (non-hydrogen) atoms. The highest BCUT2D eigenvalue weighted by Gasteiger charge is 2.18. The van der Waals surface area contributed by atoms with E-state index in [1.165, 1.54) is 0 Å². The van der Waals surface area contributed by atoms with Crippen molar-refractivity contribution in [3.63, 3.8) is 0 Å². The van der Waals surface area contributed by atoms with Crippen LogP contribution in [-0.2, 0) is 16.1 Å². The van der Waals surface area contributed by atoms with E-state index in [1.807, 2.05) is 59.1 Å². The van der Waals surface area contributed by atoms with Crippen molar-refractivity contribution in [3.05, 3.63) is 60.4 Å². The van der Waals surface area contributed by atoms with Crippen LogP contribution < -0.4 is 15.4 Å². The topological polar surface area (TPSA) is 76.9 Å². The van der Waals surface area contributed by atoms with Gasteiger partial charge in [0.15, 0.2) is 6.61 Å². The quantitative estimate of drug-likeness (QED) is 0.628. The number of carbonyl (C=O) groups is 1. The van der Waals surface area contributed by atoms with E-state index in [1.54, 1.807) is 0 Å². The Morgan fingerprint density at radius 2 is 2.07 bits per heavy atom. The average Bonchev–Trinajstić information content (AvgIpc) is 3.37. The normalized spacial score (nSPS) is 16.2. The number of aromatic nitrogens is 2. The predicted octanol–water partition coefficient (Wildman–Crippen LogP) is 2.62. The number of nitrogens with one attached hydrogen (secondary N) is 2. The first-order valence-corrected chi connectivity index (χ1v) is 9.55. The van der Waals surface area contributed by atoms with Gasteiger partial charge in [-0.15, -0.1) is 0 Å². The molecular formula is C21H24N4O3. The summed E-state index contributed by atoms with van der Waals surface area (Å²) in [5, 5.41) is 6.34. The molecule has 1 aliphatic rings. The molecule has 1 amide bonds. The van der Waals surface area contributed by atoms with Gasteiger partial charge < -0.3 is 20.1 Å². The highest BCUT2D eigenvalue weighted by molar-refractivity contribution is 5.77. The van der Waals surface area contributed by atoms with Gasteiger partial charge in [0.1, 0.15) is 22.9 Å². The third kappa shape index (κ3) is 4.43. The van der Waals surface area contributed by atoms with E-state index < -0.39 is 0 Å². The van der Waals surface area contributed by atoms with Crippen LogP contribution in [0.5, 0.6) is 5.75 Å². The van der Waals surface area contributed by atoms with Crippen molar-refractivity contribution in [1.82, 2.24) is 14.7 Å². The number of ether oxygens (including phenoxy) is 2. The van der Waals surface area contributed by atoms with Gasteiger partial charge in [0, 0.05) is 19.3 Å². The van der Waals surface area contributed by atoms with Crippen molar-refractivity contribution in [2.75, 3.05) is 25.1 Å². The maximum Gasteiger partial charge on any atom is 0.258 e. The summed E-state index contributed by atoms with van der Waals surface area (Å²) in [6.45, 7) is 1.84. The van der Waals surface area contributed by atoms with Gasteiger partial charge in [-0.25, -0.2) is 4.98 Å². The van der Waals surface area contributed by atoms with E-state index in [-0.39, 0.29) is 18.6 Å². The molecule has 2 N–H and O–H groups in total. The van der Waals surface area contributed by atoms with E-state index >= 15 is 0 Å². The maximum absolute atomic E-state index is 12.2. The SMILES string of the molecule is O=C(COc1ccccc1)NCc1nc2ccccn2c1NCC1CCCO1. The predicted molar refractivity (Wildman–Crippen MR) is 106 cm³/mol. The van der Waals surface area contributed by atoms with Gasteiger partial charge >= 0.3 is 0 Å². The molecule has 0 saturated carbocycles. The maximum atomic E-state index is 12.2. The number of hydrogen-bond acceptors (Lipinski definition) is 5. The summed E-state index contributed by atoms with van der Waals surface area (Å²) in [4.78, 5) is 16.8. The first-order chi connectivity index (χ1) is 13.8. The number of hydrogen-bond donors (Lipinski definition) is 2. The molecule has 7 nitrogen and oxygen atoms in total. The fraction of sp³-hybridized carbons (Fsp3) is 0.333. The third-order valence-electron chi connectivity index (χ3n) is 4.69. The third-order valence-corrected chi connectivity index (χ3v) is 4.69. The number of anilines is 1. The second-order valence-corrected chi connectivity index (χ2v) is 6.73. The van der Waals surface area contributed by atoms with Gasteiger partial charge in [0.2, 0.25) is 0 Å². The molecule has 1 fully saturated rings. The Morgan fingerprint density at radius 3 is 2.89 bits per heavy atom. The minimum atomic E-state index is -0.189. The molecule has 1 saturated heterocycles. The number of carbonyl (C=O) groups excluding carboxylic acids is 1. The molecule has 4 rings (SSSR count). The van der Waals surface area contributed by atoms with E-state index in [0.29, 0.717) is 12.3 Å². The van der Waals surface area contributed by atoms with Crippen LogP contribution in [0.15, 0.2) is 54.7 Å². The number of pyridine rings is 1. The monoisotopic (exact) mass is 380 g/mol. The minimum absolute atomic E-state index is 0.0317. The Labute approximate surface area is 163 Å². The summed E-state index contributed by atoms with van der Waals surface area (Å²) < 4.78 is 13.2. The van der Waals surface area contributed by atoms with Crippen molar-refractivity contribution in [2.24, 2.45) is 0 Å². The van der Waals surface area contributed by atoms with Crippen LogP contribution in [0.1, 0.15) is 18.5 Å². The molecule has 0 spiro atoms. The molecule has 1 aromatic carbocycles. The van der Waals surface area contributed by atoms with Gasteiger partial charge in [0.05, 0.1) is 12.6 Å². The molecular weight excluding hydrogens is 356 g/mol. The summed E-state index contributed by atoms with van der Waals surface area (Å²) in [5.41, 5.74) is 1.62. The van der Waals surface area contributed by atoms with Crippen molar-refractivity contribution in [3.8, 4) is 5.75 Å². The molecule has 0 radical (unpaired) electrons. The zero-order valence-corrected chi connectivity index (χ0v) is 15.6. The fourth-order valence-electron chi connectivity index (χ4n) is 3.27. The number of fused-ring (bicyclic) bond motifs is 1. The van der Waals surface area contributed by atoms with E-state index in [0.717, 1.165) is 43.2 Å². The molecule has 3 heterocycles. The summed E-state index contributed by atoms with van der Waals surface area (Å²) in [6.07, 6.45) is 4.34. The Morgan fingerprint density at radius 1 is 1.21 bits per heavy atom.